The quantitative estimate of drug-likeness (QED) is 0.903. The lowest BCUT2D eigenvalue weighted by molar-refractivity contribution is 0.102. The molecule has 132 valence electrons. The van der Waals surface area contributed by atoms with Crippen molar-refractivity contribution in [3.05, 3.63) is 41.9 Å². The first-order valence-corrected chi connectivity index (χ1v) is 8.70. The summed E-state index contributed by atoms with van der Waals surface area (Å²) < 4.78 is 5.61. The maximum absolute atomic E-state index is 12.5. The zero-order valence-corrected chi connectivity index (χ0v) is 15.0. The van der Waals surface area contributed by atoms with Crippen molar-refractivity contribution in [2.24, 2.45) is 0 Å². The second-order valence-corrected chi connectivity index (χ2v) is 6.50. The fraction of sp³-hybridized carbons (Fsp3) is 0.421. The van der Waals surface area contributed by atoms with Crippen LogP contribution < -0.4 is 15.0 Å². The first-order chi connectivity index (χ1) is 12.0. The van der Waals surface area contributed by atoms with Crippen LogP contribution >= 0.6 is 0 Å². The van der Waals surface area contributed by atoms with E-state index >= 15 is 0 Å². The van der Waals surface area contributed by atoms with Gasteiger partial charge in [0.05, 0.1) is 6.10 Å². The van der Waals surface area contributed by atoms with Gasteiger partial charge >= 0.3 is 0 Å². The van der Waals surface area contributed by atoms with Gasteiger partial charge in [-0.2, -0.15) is 0 Å². The number of hydrogen-bond donors (Lipinski definition) is 1. The van der Waals surface area contributed by atoms with E-state index < -0.39 is 0 Å². The van der Waals surface area contributed by atoms with Gasteiger partial charge in [-0.3, -0.25) is 4.79 Å². The summed E-state index contributed by atoms with van der Waals surface area (Å²) in [5.74, 6) is 1.98. The summed E-state index contributed by atoms with van der Waals surface area (Å²) >= 11 is 0. The number of amides is 1. The van der Waals surface area contributed by atoms with Gasteiger partial charge in [0, 0.05) is 24.8 Å². The molecule has 0 spiro atoms. The van der Waals surface area contributed by atoms with Crippen molar-refractivity contribution in [1.82, 2.24) is 9.97 Å². The normalized spacial score (nSPS) is 14.0. The maximum atomic E-state index is 12.5. The highest BCUT2D eigenvalue weighted by molar-refractivity contribution is 6.03. The van der Waals surface area contributed by atoms with Crippen molar-refractivity contribution in [2.45, 2.75) is 39.7 Å². The minimum Gasteiger partial charge on any atom is -0.491 e. The average molecular weight is 340 g/mol. The van der Waals surface area contributed by atoms with Crippen LogP contribution in [0, 0.1) is 6.92 Å². The van der Waals surface area contributed by atoms with Crippen molar-refractivity contribution in [3.8, 4) is 5.75 Å². The van der Waals surface area contributed by atoms with E-state index in [0.29, 0.717) is 17.2 Å². The Hall–Kier alpha value is -2.63. The standard InChI is InChI=1S/C19H24N4O2/c1-13(2)25-16-8-6-15(7-9-16)22-19(24)17-12-18(21-14(3)20-17)23-10-4-5-11-23/h6-9,12-13H,4-5,10-11H2,1-3H3,(H,22,24). The number of ether oxygens (including phenoxy) is 1. The summed E-state index contributed by atoms with van der Waals surface area (Å²) in [6, 6.07) is 9.10. The van der Waals surface area contributed by atoms with Gasteiger partial charge in [-0.15, -0.1) is 0 Å². The molecule has 0 atom stereocenters. The largest absolute Gasteiger partial charge is 0.491 e. The molecule has 1 aromatic carbocycles. The molecule has 0 unspecified atom stereocenters. The molecule has 6 heteroatoms. The number of hydrogen-bond acceptors (Lipinski definition) is 5. The Morgan fingerprint density at radius 1 is 1.16 bits per heavy atom. The van der Waals surface area contributed by atoms with Crippen molar-refractivity contribution in [2.75, 3.05) is 23.3 Å². The van der Waals surface area contributed by atoms with E-state index in [1.807, 2.05) is 45.0 Å². The third kappa shape index (κ3) is 4.47. The second kappa shape index (κ2) is 7.51. The minimum absolute atomic E-state index is 0.119. The topological polar surface area (TPSA) is 67.3 Å². The van der Waals surface area contributed by atoms with Crippen LogP contribution in [0.4, 0.5) is 11.5 Å². The van der Waals surface area contributed by atoms with Crippen LogP contribution in [0.1, 0.15) is 43.0 Å². The van der Waals surface area contributed by atoms with Gasteiger partial charge in [-0.1, -0.05) is 0 Å². The van der Waals surface area contributed by atoms with Crippen LogP contribution in [-0.4, -0.2) is 35.1 Å². The number of aryl methyl sites for hydroxylation is 1. The highest BCUT2D eigenvalue weighted by Gasteiger charge is 2.17. The number of anilines is 2. The van der Waals surface area contributed by atoms with Gasteiger partial charge in [0.25, 0.3) is 5.91 Å². The highest BCUT2D eigenvalue weighted by atomic mass is 16.5. The zero-order valence-electron chi connectivity index (χ0n) is 15.0. The molecule has 25 heavy (non-hydrogen) atoms. The van der Waals surface area contributed by atoms with E-state index in [1.165, 1.54) is 0 Å². The molecule has 1 aliphatic heterocycles. The molecule has 0 aliphatic carbocycles. The molecule has 0 radical (unpaired) electrons. The van der Waals surface area contributed by atoms with E-state index in [9.17, 15) is 4.79 Å². The fourth-order valence-electron chi connectivity index (χ4n) is 2.86. The summed E-state index contributed by atoms with van der Waals surface area (Å²) in [5, 5.41) is 2.88. The third-order valence-electron chi connectivity index (χ3n) is 3.97. The predicted molar refractivity (Wildman–Crippen MR) is 98.4 cm³/mol. The molecule has 0 bridgehead atoms. The predicted octanol–water partition coefficient (Wildman–Crippen LogP) is 3.42. The van der Waals surface area contributed by atoms with Gasteiger partial charge in [0.2, 0.25) is 0 Å². The Labute approximate surface area is 148 Å². The third-order valence-corrected chi connectivity index (χ3v) is 3.97. The lowest BCUT2D eigenvalue weighted by Crippen LogP contribution is -2.22. The number of nitrogens with one attached hydrogen (secondary N) is 1. The summed E-state index contributed by atoms with van der Waals surface area (Å²) in [4.78, 5) is 23.5. The van der Waals surface area contributed by atoms with Crippen molar-refractivity contribution in [3.63, 3.8) is 0 Å². The number of aromatic nitrogens is 2. The molecule has 1 aromatic heterocycles. The number of carbonyl (C=O) groups excluding carboxylic acids is 1. The molecule has 0 saturated carbocycles. The van der Waals surface area contributed by atoms with Crippen LogP contribution in [0.5, 0.6) is 5.75 Å². The van der Waals surface area contributed by atoms with E-state index in [0.717, 1.165) is 37.5 Å². The Bertz CT molecular complexity index is 738. The Morgan fingerprint density at radius 3 is 2.48 bits per heavy atom. The van der Waals surface area contributed by atoms with Crippen LogP contribution in [-0.2, 0) is 0 Å². The number of nitrogens with zero attached hydrogens (tertiary/aromatic N) is 3. The zero-order chi connectivity index (χ0) is 17.8. The molecule has 2 heterocycles. The Kier molecular flexibility index (Phi) is 5.16. The van der Waals surface area contributed by atoms with E-state index in [-0.39, 0.29) is 12.0 Å². The number of carbonyl (C=O) groups is 1. The summed E-state index contributed by atoms with van der Waals surface area (Å²) in [6.45, 7) is 7.73. The monoisotopic (exact) mass is 340 g/mol. The first kappa shape index (κ1) is 17.2. The van der Waals surface area contributed by atoms with E-state index in [1.54, 1.807) is 6.07 Å². The summed E-state index contributed by atoms with van der Waals surface area (Å²) in [6.07, 6.45) is 2.44. The van der Waals surface area contributed by atoms with Gasteiger partial charge in [0.1, 0.15) is 23.1 Å². The van der Waals surface area contributed by atoms with Crippen LogP contribution in [0.15, 0.2) is 30.3 Å². The maximum Gasteiger partial charge on any atom is 0.274 e. The van der Waals surface area contributed by atoms with Crippen molar-refractivity contribution >= 4 is 17.4 Å². The number of rotatable bonds is 5. The summed E-state index contributed by atoms with van der Waals surface area (Å²) in [7, 11) is 0. The summed E-state index contributed by atoms with van der Waals surface area (Å²) in [5.41, 5.74) is 1.09. The molecular weight excluding hydrogens is 316 g/mol. The molecule has 1 fully saturated rings. The molecular formula is C19H24N4O2. The van der Waals surface area contributed by atoms with Crippen molar-refractivity contribution < 1.29 is 9.53 Å². The van der Waals surface area contributed by atoms with E-state index in [4.69, 9.17) is 4.74 Å². The van der Waals surface area contributed by atoms with Crippen molar-refractivity contribution in [1.29, 1.82) is 0 Å². The average Bonchev–Trinajstić information content (AvgIpc) is 3.10. The van der Waals surface area contributed by atoms with Crippen LogP contribution in [0.25, 0.3) is 0 Å². The molecule has 3 rings (SSSR count). The Balaban J connectivity index is 1.72. The van der Waals surface area contributed by atoms with Gasteiger partial charge in [0.15, 0.2) is 0 Å². The molecule has 6 nitrogen and oxygen atoms in total. The lowest BCUT2D eigenvalue weighted by Gasteiger charge is -2.17. The molecule has 2 aromatic rings. The van der Waals surface area contributed by atoms with E-state index in [2.05, 4.69) is 20.2 Å². The van der Waals surface area contributed by atoms with Crippen LogP contribution in [0.2, 0.25) is 0 Å². The van der Waals surface area contributed by atoms with Gasteiger partial charge in [-0.25, -0.2) is 9.97 Å². The first-order valence-electron chi connectivity index (χ1n) is 8.70. The minimum atomic E-state index is -0.233. The molecule has 1 N–H and O–H groups in total. The number of benzene rings is 1. The highest BCUT2D eigenvalue weighted by Crippen LogP contribution is 2.20. The van der Waals surface area contributed by atoms with Gasteiger partial charge in [-0.05, 0) is 57.9 Å². The SMILES string of the molecule is Cc1nc(C(=O)Nc2ccc(OC(C)C)cc2)cc(N2CCCC2)n1. The second-order valence-electron chi connectivity index (χ2n) is 6.50. The molecule has 1 aliphatic rings. The van der Waals surface area contributed by atoms with Crippen LogP contribution in [0.3, 0.4) is 0 Å². The Morgan fingerprint density at radius 2 is 1.84 bits per heavy atom. The fourth-order valence-corrected chi connectivity index (χ4v) is 2.86. The smallest absolute Gasteiger partial charge is 0.274 e. The lowest BCUT2D eigenvalue weighted by atomic mass is 10.2. The van der Waals surface area contributed by atoms with Gasteiger partial charge < -0.3 is 15.0 Å². The molecule has 1 amide bonds. The molecule has 1 saturated heterocycles.